The monoisotopic (exact) mass is 241 g/mol. The van der Waals surface area contributed by atoms with E-state index in [4.69, 9.17) is 0 Å². The summed E-state index contributed by atoms with van der Waals surface area (Å²) in [5.41, 5.74) is 0.218. The van der Waals surface area contributed by atoms with Crippen LogP contribution in [0.2, 0.25) is 0 Å². The zero-order valence-corrected chi connectivity index (χ0v) is 8.14. The number of nitrogens with zero attached hydrogens (tertiary/aromatic N) is 1. The Bertz CT molecular complexity index is 278. The first-order chi connectivity index (χ1) is 5.38. The molecule has 0 aliphatic rings. The zero-order valence-electron chi connectivity index (χ0n) is 5.94. The standard InChI is InChI=1S/C7H4N2O2.Nb/c10-4-6-2-1-3-8-7(6)9-5-11;/h1-3H,(H,8,9,11);/q-2;+2. The van der Waals surface area contributed by atoms with E-state index in [2.05, 4.69) is 10.3 Å². The van der Waals surface area contributed by atoms with Gasteiger partial charge in [0.05, 0.1) is 12.7 Å². The van der Waals surface area contributed by atoms with Crippen LogP contribution in [0.1, 0.15) is 5.56 Å². The molecule has 0 saturated carbocycles. The predicted molar refractivity (Wildman–Crippen MR) is 38.3 cm³/mol. The largest absolute Gasteiger partial charge is 2.00 e. The Balaban J connectivity index is 0.00000121. The molecule has 0 aliphatic heterocycles. The fourth-order valence-electron chi connectivity index (χ4n) is 0.636. The van der Waals surface area contributed by atoms with Crippen molar-refractivity contribution in [2.24, 2.45) is 0 Å². The van der Waals surface area contributed by atoms with Crippen LogP contribution in [-0.4, -0.2) is 17.7 Å². The molecule has 1 N–H and O–H groups in total. The van der Waals surface area contributed by atoms with Crippen LogP contribution in [0.25, 0.3) is 0 Å². The van der Waals surface area contributed by atoms with Gasteiger partial charge in [-0.3, -0.25) is 0 Å². The summed E-state index contributed by atoms with van der Waals surface area (Å²) in [7, 11) is 0. The SMILES string of the molecule is O=[C-]Nc1ncccc1[C-]=O.[Nb+2]. The smallest absolute Gasteiger partial charge is 0.450 e. The molecule has 0 saturated heterocycles. The number of hydrogen-bond donors (Lipinski definition) is 1. The molecule has 0 fully saturated rings. The van der Waals surface area contributed by atoms with Gasteiger partial charge < -0.3 is 19.9 Å². The van der Waals surface area contributed by atoms with Crippen LogP contribution in [0.4, 0.5) is 5.82 Å². The van der Waals surface area contributed by atoms with E-state index in [1.165, 1.54) is 18.7 Å². The van der Waals surface area contributed by atoms with Gasteiger partial charge in [0, 0.05) is 12.0 Å². The number of rotatable bonds is 3. The predicted octanol–water partition coefficient (Wildman–Crippen LogP) is 0.0160. The molecule has 1 rings (SSSR count). The van der Waals surface area contributed by atoms with Gasteiger partial charge in [-0.1, -0.05) is 0 Å². The molecule has 0 spiro atoms. The van der Waals surface area contributed by atoms with Crippen molar-refractivity contribution in [3.8, 4) is 0 Å². The summed E-state index contributed by atoms with van der Waals surface area (Å²) in [5.74, 6) is 0.178. The van der Waals surface area contributed by atoms with Gasteiger partial charge in [-0.2, -0.15) is 6.07 Å². The van der Waals surface area contributed by atoms with Crippen molar-refractivity contribution in [2.75, 3.05) is 5.32 Å². The van der Waals surface area contributed by atoms with Crippen LogP contribution in [-0.2, 0) is 32.0 Å². The molecular weight excluding hydrogens is 237 g/mol. The molecule has 1 amide bonds. The Hall–Kier alpha value is -0.970. The van der Waals surface area contributed by atoms with E-state index in [1.54, 1.807) is 12.4 Å². The van der Waals surface area contributed by atoms with Crippen LogP contribution < -0.4 is 5.32 Å². The van der Waals surface area contributed by atoms with Crippen molar-refractivity contribution in [1.82, 2.24) is 4.98 Å². The minimum Gasteiger partial charge on any atom is -0.450 e. The maximum atomic E-state index is 10.2. The number of pyridine rings is 1. The summed E-state index contributed by atoms with van der Waals surface area (Å²) < 4.78 is 0. The summed E-state index contributed by atoms with van der Waals surface area (Å²) >= 11 is 0. The maximum Gasteiger partial charge on any atom is 2.00 e. The molecule has 0 aliphatic carbocycles. The summed E-state index contributed by atoms with van der Waals surface area (Å²) in [6.07, 6.45) is 4.50. The summed E-state index contributed by atoms with van der Waals surface area (Å²) in [5, 5.41) is 2.15. The molecule has 1 heterocycles. The van der Waals surface area contributed by atoms with E-state index < -0.39 is 0 Å². The molecule has 0 bridgehead atoms. The molecule has 0 aromatic carbocycles. The van der Waals surface area contributed by atoms with Crippen molar-refractivity contribution in [3.63, 3.8) is 0 Å². The maximum absolute atomic E-state index is 10.2. The minimum absolute atomic E-state index is 0. The van der Waals surface area contributed by atoms with Gasteiger partial charge >= 0.3 is 22.4 Å². The van der Waals surface area contributed by atoms with Gasteiger partial charge in [0.1, 0.15) is 0 Å². The fraction of sp³-hybridized carbons (Fsp3) is 0. The van der Waals surface area contributed by atoms with Crippen molar-refractivity contribution < 1.29 is 32.0 Å². The van der Waals surface area contributed by atoms with E-state index in [1.807, 2.05) is 0 Å². The van der Waals surface area contributed by atoms with Crippen LogP contribution in [0, 0.1) is 0 Å². The average Bonchev–Trinajstić information content (AvgIpc) is 2.06. The third-order valence-electron chi connectivity index (χ3n) is 1.09. The van der Waals surface area contributed by atoms with Gasteiger partial charge in [-0.05, 0) is 0 Å². The summed E-state index contributed by atoms with van der Waals surface area (Å²) in [6, 6.07) is 3.08. The number of aromatic nitrogens is 1. The number of amides is 1. The topological polar surface area (TPSA) is 59.1 Å². The van der Waals surface area contributed by atoms with E-state index >= 15 is 0 Å². The van der Waals surface area contributed by atoms with Crippen LogP contribution >= 0.6 is 0 Å². The van der Waals surface area contributed by atoms with E-state index in [0.29, 0.717) is 0 Å². The fourth-order valence-corrected chi connectivity index (χ4v) is 0.636. The first-order valence-corrected chi connectivity index (χ1v) is 2.85. The van der Waals surface area contributed by atoms with Gasteiger partial charge in [0.25, 0.3) is 0 Å². The van der Waals surface area contributed by atoms with Gasteiger partial charge in [-0.25, -0.2) is 0 Å². The van der Waals surface area contributed by atoms with E-state index in [-0.39, 0.29) is 33.8 Å². The molecule has 0 atom stereocenters. The molecule has 5 heteroatoms. The molecular formula is C7H4N2NbO2. The van der Waals surface area contributed by atoms with Crippen LogP contribution in [0.15, 0.2) is 18.3 Å². The molecule has 4 nitrogen and oxygen atoms in total. The zero-order chi connectivity index (χ0) is 8.10. The average molecular weight is 241 g/mol. The molecule has 59 valence electrons. The van der Waals surface area contributed by atoms with Crippen molar-refractivity contribution in [1.29, 1.82) is 0 Å². The van der Waals surface area contributed by atoms with Crippen LogP contribution in [0.3, 0.4) is 0 Å². The third-order valence-corrected chi connectivity index (χ3v) is 1.09. The van der Waals surface area contributed by atoms with Crippen molar-refractivity contribution >= 4 is 18.5 Å². The van der Waals surface area contributed by atoms with E-state index in [0.717, 1.165) is 0 Å². The van der Waals surface area contributed by atoms with Gasteiger partial charge in [0.15, 0.2) is 0 Å². The number of carbonyl (C=O) groups excluding carboxylic acids is 2. The summed E-state index contributed by atoms with van der Waals surface area (Å²) in [4.78, 5) is 23.7. The number of nitrogens with one attached hydrogen (secondary N) is 1. The van der Waals surface area contributed by atoms with Crippen LogP contribution in [0.5, 0.6) is 0 Å². The normalized spacial score (nSPS) is 8.00. The second-order valence-corrected chi connectivity index (χ2v) is 1.73. The first kappa shape index (κ1) is 11.0. The van der Waals surface area contributed by atoms with Gasteiger partial charge in [0.2, 0.25) is 0 Å². The number of hydrogen-bond acceptors (Lipinski definition) is 3. The molecule has 12 heavy (non-hydrogen) atoms. The Morgan fingerprint density at radius 2 is 2.17 bits per heavy atom. The quantitative estimate of drug-likeness (QED) is 0.461. The second-order valence-electron chi connectivity index (χ2n) is 1.73. The Morgan fingerprint density at radius 1 is 1.42 bits per heavy atom. The van der Waals surface area contributed by atoms with Crippen molar-refractivity contribution in [2.45, 2.75) is 0 Å². The molecule has 1 aromatic heterocycles. The first-order valence-electron chi connectivity index (χ1n) is 2.85. The van der Waals surface area contributed by atoms with Gasteiger partial charge in [-0.15, -0.1) is 11.6 Å². The Morgan fingerprint density at radius 3 is 2.75 bits per heavy atom. The summed E-state index contributed by atoms with van der Waals surface area (Å²) in [6.45, 7) is 0. The minimum atomic E-state index is 0. The third kappa shape index (κ3) is 2.58. The second kappa shape index (κ2) is 5.65. The number of anilines is 1. The Kier molecular flexibility index (Phi) is 5.19. The molecule has 1 radical (unpaired) electrons. The van der Waals surface area contributed by atoms with Crippen molar-refractivity contribution in [3.05, 3.63) is 23.9 Å². The molecule has 1 aromatic rings. The Labute approximate surface area is 84.9 Å². The molecule has 0 unspecified atom stereocenters. The van der Waals surface area contributed by atoms with E-state index in [9.17, 15) is 9.59 Å².